The third-order valence-corrected chi connectivity index (χ3v) is 4.05. The molecule has 1 saturated heterocycles. The molecule has 0 spiro atoms. The van der Waals surface area contributed by atoms with Crippen LogP contribution in [0.1, 0.15) is 30.7 Å². The molecule has 1 fully saturated rings. The summed E-state index contributed by atoms with van der Waals surface area (Å²) < 4.78 is 5.32. The number of rotatable bonds is 8. The molecule has 0 bridgehead atoms. The Morgan fingerprint density at radius 2 is 2.05 bits per heavy atom. The summed E-state index contributed by atoms with van der Waals surface area (Å²) in [6, 6.07) is 6.10. The average Bonchev–Trinajstić information content (AvgIpc) is 3.24. The number of aromatic nitrogens is 2. The first kappa shape index (κ1) is 15.0. The fourth-order valence-corrected chi connectivity index (χ4v) is 2.83. The molecule has 5 heteroatoms. The van der Waals surface area contributed by atoms with E-state index < -0.39 is 0 Å². The lowest BCUT2D eigenvalue weighted by Gasteiger charge is -2.16. The maximum absolute atomic E-state index is 5.32. The summed E-state index contributed by atoms with van der Waals surface area (Å²) in [5, 5.41) is 3.47. The van der Waals surface area contributed by atoms with Crippen molar-refractivity contribution in [1.29, 1.82) is 0 Å². The van der Waals surface area contributed by atoms with Crippen LogP contribution in [0.4, 0.5) is 5.82 Å². The smallest absolute Gasteiger partial charge is 0.132 e. The van der Waals surface area contributed by atoms with Crippen molar-refractivity contribution in [2.45, 2.75) is 32.1 Å². The maximum Gasteiger partial charge on any atom is 0.132 e. The highest BCUT2D eigenvalue weighted by Gasteiger charge is 2.13. The Kier molecular flexibility index (Phi) is 5.42. The van der Waals surface area contributed by atoms with Gasteiger partial charge in [0.15, 0.2) is 0 Å². The molecule has 3 rings (SSSR count). The van der Waals surface area contributed by atoms with Gasteiger partial charge in [-0.05, 0) is 37.9 Å². The highest BCUT2D eigenvalue weighted by Crippen LogP contribution is 2.17. The molecule has 0 atom stereocenters. The van der Waals surface area contributed by atoms with Crippen molar-refractivity contribution >= 4 is 5.82 Å². The highest BCUT2D eigenvalue weighted by molar-refractivity contribution is 5.39. The molecular weight excluding hydrogens is 276 g/mol. The van der Waals surface area contributed by atoms with E-state index in [2.05, 4.69) is 26.3 Å². The predicted molar refractivity (Wildman–Crippen MR) is 87.1 cm³/mol. The van der Waals surface area contributed by atoms with E-state index in [1.54, 1.807) is 12.6 Å². The topological polar surface area (TPSA) is 54.2 Å². The first-order valence-electron chi connectivity index (χ1n) is 8.21. The summed E-state index contributed by atoms with van der Waals surface area (Å²) in [4.78, 5) is 11.1. The van der Waals surface area contributed by atoms with Gasteiger partial charge >= 0.3 is 0 Å². The van der Waals surface area contributed by atoms with Crippen LogP contribution >= 0.6 is 0 Å². The second kappa shape index (κ2) is 7.94. The Morgan fingerprint density at radius 3 is 2.86 bits per heavy atom. The predicted octanol–water partition coefficient (Wildman–Crippen LogP) is 2.43. The maximum atomic E-state index is 5.32. The van der Waals surface area contributed by atoms with E-state index in [0.29, 0.717) is 0 Å². The van der Waals surface area contributed by atoms with E-state index in [0.717, 1.165) is 62.7 Å². The van der Waals surface area contributed by atoms with E-state index in [1.165, 1.54) is 12.8 Å². The van der Waals surface area contributed by atoms with Crippen LogP contribution in [0.2, 0.25) is 0 Å². The monoisotopic (exact) mass is 300 g/mol. The summed E-state index contributed by atoms with van der Waals surface area (Å²) in [5.41, 5.74) is 1.12. The van der Waals surface area contributed by atoms with Crippen molar-refractivity contribution < 1.29 is 4.42 Å². The van der Waals surface area contributed by atoms with Crippen LogP contribution < -0.4 is 10.2 Å². The van der Waals surface area contributed by atoms with Crippen molar-refractivity contribution in [3.05, 3.63) is 42.2 Å². The second-order valence-electron chi connectivity index (χ2n) is 5.74. The van der Waals surface area contributed by atoms with Crippen LogP contribution in [0.5, 0.6) is 0 Å². The zero-order valence-electron chi connectivity index (χ0n) is 13.0. The fourth-order valence-electron chi connectivity index (χ4n) is 2.83. The lowest BCUT2D eigenvalue weighted by Crippen LogP contribution is -2.21. The summed E-state index contributed by atoms with van der Waals surface area (Å²) in [7, 11) is 0. The number of aryl methyl sites for hydroxylation is 1. The quantitative estimate of drug-likeness (QED) is 0.759. The van der Waals surface area contributed by atoms with E-state index in [4.69, 9.17) is 4.42 Å². The fraction of sp³-hybridized carbons (Fsp3) is 0.529. The number of hydrogen-bond acceptors (Lipinski definition) is 5. The van der Waals surface area contributed by atoms with Gasteiger partial charge in [-0.1, -0.05) is 0 Å². The zero-order chi connectivity index (χ0) is 15.0. The summed E-state index contributed by atoms with van der Waals surface area (Å²) in [5.74, 6) is 2.15. The van der Waals surface area contributed by atoms with E-state index in [-0.39, 0.29) is 0 Å². The summed E-state index contributed by atoms with van der Waals surface area (Å²) >= 11 is 0. The molecule has 0 radical (unpaired) electrons. The molecule has 0 aliphatic carbocycles. The van der Waals surface area contributed by atoms with Crippen LogP contribution in [0.15, 0.2) is 35.2 Å². The number of anilines is 1. The molecule has 22 heavy (non-hydrogen) atoms. The second-order valence-corrected chi connectivity index (χ2v) is 5.74. The van der Waals surface area contributed by atoms with Crippen molar-refractivity contribution in [3.8, 4) is 0 Å². The molecule has 0 amide bonds. The first-order chi connectivity index (χ1) is 10.9. The molecule has 3 heterocycles. The van der Waals surface area contributed by atoms with Gasteiger partial charge in [0.25, 0.3) is 0 Å². The molecule has 0 unspecified atom stereocenters. The van der Waals surface area contributed by atoms with Crippen molar-refractivity contribution in [2.75, 3.05) is 31.1 Å². The Bertz CT molecular complexity index is 550. The van der Waals surface area contributed by atoms with Crippen LogP contribution in [0, 0.1) is 0 Å². The molecule has 118 valence electrons. The molecule has 1 aliphatic heterocycles. The minimum atomic E-state index is 0.949. The Morgan fingerprint density at radius 1 is 1.14 bits per heavy atom. The zero-order valence-corrected chi connectivity index (χ0v) is 13.0. The summed E-state index contributed by atoms with van der Waals surface area (Å²) in [6.45, 7) is 4.21. The van der Waals surface area contributed by atoms with Gasteiger partial charge < -0.3 is 14.6 Å². The lowest BCUT2D eigenvalue weighted by molar-refractivity contribution is 0.496. The van der Waals surface area contributed by atoms with Gasteiger partial charge in [-0.2, -0.15) is 0 Å². The lowest BCUT2D eigenvalue weighted by atomic mass is 10.2. The largest absolute Gasteiger partial charge is 0.469 e. The first-order valence-corrected chi connectivity index (χ1v) is 8.21. The van der Waals surface area contributed by atoms with Gasteiger partial charge in [0, 0.05) is 44.2 Å². The van der Waals surface area contributed by atoms with Gasteiger partial charge in [0.2, 0.25) is 0 Å². The third kappa shape index (κ3) is 4.31. The minimum absolute atomic E-state index is 0.949. The van der Waals surface area contributed by atoms with Gasteiger partial charge in [-0.15, -0.1) is 0 Å². The Balaban J connectivity index is 1.35. The Hall–Kier alpha value is -1.88. The molecule has 1 N–H and O–H groups in total. The van der Waals surface area contributed by atoms with Crippen molar-refractivity contribution in [1.82, 2.24) is 15.3 Å². The SMILES string of the molecule is c1coc(CCCNCCc2cc(N3CCCC3)ncn2)c1. The number of hydrogen-bond donors (Lipinski definition) is 1. The number of nitrogens with zero attached hydrogens (tertiary/aromatic N) is 3. The van der Waals surface area contributed by atoms with Crippen LogP contribution in [-0.2, 0) is 12.8 Å². The number of furan rings is 1. The van der Waals surface area contributed by atoms with Gasteiger partial charge in [-0.3, -0.25) is 0 Å². The summed E-state index contributed by atoms with van der Waals surface area (Å²) in [6.07, 6.45) is 9.01. The van der Waals surface area contributed by atoms with Gasteiger partial charge in [0.05, 0.1) is 6.26 Å². The molecular formula is C17H24N4O. The molecule has 0 saturated carbocycles. The average molecular weight is 300 g/mol. The normalized spacial score (nSPS) is 14.6. The van der Waals surface area contributed by atoms with Gasteiger partial charge in [0.1, 0.15) is 17.9 Å². The molecule has 2 aromatic rings. The van der Waals surface area contributed by atoms with Crippen molar-refractivity contribution in [3.63, 3.8) is 0 Å². The van der Waals surface area contributed by atoms with Crippen LogP contribution in [-0.4, -0.2) is 36.1 Å². The standard InChI is InChI=1S/C17H24N4O/c1-2-11-21(10-1)17-13-15(19-14-20-17)7-9-18-8-3-5-16-6-4-12-22-16/h4,6,12-14,18H,1-3,5,7-11H2. The molecule has 0 aromatic carbocycles. The third-order valence-electron chi connectivity index (χ3n) is 4.05. The van der Waals surface area contributed by atoms with Crippen LogP contribution in [0.3, 0.4) is 0 Å². The van der Waals surface area contributed by atoms with Crippen LogP contribution in [0.25, 0.3) is 0 Å². The van der Waals surface area contributed by atoms with E-state index in [9.17, 15) is 0 Å². The minimum Gasteiger partial charge on any atom is -0.469 e. The number of nitrogens with one attached hydrogen (secondary N) is 1. The highest BCUT2D eigenvalue weighted by atomic mass is 16.3. The molecule has 5 nitrogen and oxygen atoms in total. The van der Waals surface area contributed by atoms with Crippen molar-refractivity contribution in [2.24, 2.45) is 0 Å². The van der Waals surface area contributed by atoms with E-state index >= 15 is 0 Å². The molecule has 2 aromatic heterocycles. The Labute approximate surface area is 131 Å². The molecule has 1 aliphatic rings. The van der Waals surface area contributed by atoms with E-state index in [1.807, 2.05) is 12.1 Å². The van der Waals surface area contributed by atoms with Gasteiger partial charge in [-0.25, -0.2) is 9.97 Å².